The largest absolute Gasteiger partial charge is 0.779 e. The second-order valence-electron chi connectivity index (χ2n) is 2.92. The predicted octanol–water partition coefficient (Wildman–Crippen LogP) is -1.20. The Labute approximate surface area is 93.3 Å². The van der Waals surface area contributed by atoms with E-state index >= 15 is 0 Å². The third-order valence-corrected chi connectivity index (χ3v) is 0.684. The average Bonchev–Trinajstić information content (AvgIpc) is 2.30. The third-order valence-electron chi connectivity index (χ3n) is 0.684. The normalized spacial score (nSPS) is 13.7. The summed E-state index contributed by atoms with van der Waals surface area (Å²) in [4.78, 5) is 34.9. The summed E-state index contributed by atoms with van der Waals surface area (Å²) in [5, 5.41) is 0. The molecule has 0 aliphatic carbocycles. The van der Waals surface area contributed by atoms with Gasteiger partial charge in [0.05, 0.1) is 7.05 Å². The highest BCUT2D eigenvalue weighted by Gasteiger charge is 1.95. The molecule has 0 fully saturated rings. The van der Waals surface area contributed by atoms with E-state index in [4.69, 9.17) is 14.7 Å². The fourth-order valence-corrected chi connectivity index (χ4v) is 0.364. The summed E-state index contributed by atoms with van der Waals surface area (Å²) in [6.07, 6.45) is 5.69. The number of aryl methyl sites for hydroxylation is 1. The van der Waals surface area contributed by atoms with E-state index in [1.165, 1.54) is 0 Å². The zero-order valence-electron chi connectivity index (χ0n) is 9.14. The Morgan fingerprint density at radius 1 is 1.25 bits per heavy atom. The molecule has 1 unspecified atom stereocenters. The van der Waals surface area contributed by atoms with Crippen molar-refractivity contribution >= 4 is 15.2 Å². The van der Waals surface area contributed by atoms with E-state index in [0.717, 1.165) is 13.3 Å². The van der Waals surface area contributed by atoms with Gasteiger partial charge in [0, 0.05) is 13.3 Å². The maximum atomic E-state index is 9.33. The lowest BCUT2D eigenvalue weighted by Crippen LogP contribution is -2.22. The zero-order valence-corrected chi connectivity index (χ0v) is 10.9. The van der Waals surface area contributed by atoms with Gasteiger partial charge in [-0.05, 0) is 0 Å². The Morgan fingerprint density at radius 2 is 1.56 bits per heavy atom. The van der Waals surface area contributed by atoms with Gasteiger partial charge in [-0.2, -0.15) is 0 Å². The first-order valence-electron chi connectivity index (χ1n) is 3.92. The van der Waals surface area contributed by atoms with Crippen LogP contribution in [0, 0.1) is 0 Å². The van der Waals surface area contributed by atoms with E-state index in [9.17, 15) is 14.0 Å². The summed E-state index contributed by atoms with van der Waals surface area (Å²) in [6, 6.07) is 0. The van der Waals surface area contributed by atoms with Crippen LogP contribution in [0.15, 0.2) is 18.7 Å². The molecule has 1 aromatic heterocycles. The molecule has 4 N–H and O–H groups in total. The predicted molar refractivity (Wildman–Crippen MR) is 55.7 cm³/mol. The minimum atomic E-state index is -3.89. The van der Waals surface area contributed by atoms with Gasteiger partial charge in [0.15, 0.2) is 0 Å². The maximum absolute atomic E-state index is 9.33. The minimum Gasteiger partial charge on any atom is -0.779 e. The fourth-order valence-electron chi connectivity index (χ4n) is 0.364. The number of hydrogen-bond donors (Lipinski definition) is 4. The van der Waals surface area contributed by atoms with E-state index in [-0.39, 0.29) is 0 Å². The van der Waals surface area contributed by atoms with Crippen LogP contribution >= 0.6 is 15.2 Å². The average molecular weight is 274 g/mol. The van der Waals surface area contributed by atoms with Gasteiger partial charge in [-0.15, -0.1) is 0 Å². The number of aromatic nitrogens is 2. The van der Waals surface area contributed by atoms with Crippen molar-refractivity contribution in [2.75, 3.05) is 13.3 Å². The number of nitrogens with zero attached hydrogens (tertiary/aromatic N) is 1. The Balaban J connectivity index is 0. The van der Waals surface area contributed by atoms with Crippen molar-refractivity contribution in [3.8, 4) is 0 Å². The second-order valence-corrected chi connectivity index (χ2v) is 6.19. The smallest absolute Gasteiger partial charge is 0.322 e. The lowest BCUT2D eigenvalue weighted by atomic mass is 10.9. The molecule has 96 valence electrons. The first-order chi connectivity index (χ1) is 6.89. The van der Waals surface area contributed by atoms with Gasteiger partial charge < -0.3 is 24.1 Å². The van der Waals surface area contributed by atoms with Gasteiger partial charge in [-0.25, -0.2) is 4.57 Å². The molecule has 10 heteroatoms. The summed E-state index contributed by atoms with van der Waals surface area (Å²) in [7, 11) is -5.56. The van der Waals surface area contributed by atoms with Crippen LogP contribution in [0.25, 0.3) is 0 Å². The highest BCUT2D eigenvalue weighted by atomic mass is 31.2. The number of rotatable bonds is 0. The SMILES string of the molecule is CP(=O)(O)O.CP(=O)([O-])O.C[n+]1cc[nH]c1. The van der Waals surface area contributed by atoms with Crippen molar-refractivity contribution in [1.29, 1.82) is 0 Å². The number of aromatic amines is 1. The van der Waals surface area contributed by atoms with Crippen LogP contribution in [0.5, 0.6) is 0 Å². The van der Waals surface area contributed by atoms with E-state index < -0.39 is 15.2 Å². The summed E-state index contributed by atoms with van der Waals surface area (Å²) >= 11 is 0. The highest BCUT2D eigenvalue weighted by molar-refractivity contribution is 7.50. The van der Waals surface area contributed by atoms with Gasteiger partial charge in [-0.1, -0.05) is 0 Å². The molecule has 0 bridgehead atoms. The van der Waals surface area contributed by atoms with E-state index in [0.29, 0.717) is 0 Å². The van der Waals surface area contributed by atoms with Gasteiger partial charge >= 0.3 is 7.60 Å². The van der Waals surface area contributed by atoms with Crippen molar-refractivity contribution in [1.82, 2.24) is 4.98 Å². The van der Waals surface area contributed by atoms with Crippen LogP contribution in [0.4, 0.5) is 0 Å². The summed E-state index contributed by atoms with van der Waals surface area (Å²) in [5.41, 5.74) is 0. The molecule has 16 heavy (non-hydrogen) atoms. The van der Waals surface area contributed by atoms with Crippen molar-refractivity contribution in [2.45, 2.75) is 0 Å². The van der Waals surface area contributed by atoms with Crippen LogP contribution < -0.4 is 9.46 Å². The van der Waals surface area contributed by atoms with Crippen molar-refractivity contribution in [2.24, 2.45) is 7.05 Å². The molecule has 1 atom stereocenters. The molecule has 8 nitrogen and oxygen atoms in total. The van der Waals surface area contributed by atoms with E-state index in [1.807, 2.05) is 30.3 Å². The fraction of sp³-hybridized carbons (Fsp3) is 0.500. The zero-order chi connectivity index (χ0) is 13.4. The second kappa shape index (κ2) is 7.73. The van der Waals surface area contributed by atoms with Gasteiger partial charge in [-0.3, -0.25) is 9.55 Å². The van der Waals surface area contributed by atoms with E-state index in [1.54, 1.807) is 0 Å². The molecule has 0 radical (unpaired) electrons. The Morgan fingerprint density at radius 3 is 1.62 bits per heavy atom. The molecule has 0 saturated heterocycles. The quantitative estimate of drug-likeness (QED) is 0.346. The molecule has 0 aromatic carbocycles. The Bertz CT molecular complexity index is 317. The molecule has 1 heterocycles. The monoisotopic (exact) mass is 274 g/mol. The number of hydrogen-bond acceptors (Lipinski definition) is 3. The number of nitrogens with one attached hydrogen (secondary N) is 1. The topological polar surface area (TPSA) is 138 Å². The van der Waals surface area contributed by atoms with Crippen LogP contribution in [-0.4, -0.2) is 33.0 Å². The summed E-state index contributed by atoms with van der Waals surface area (Å²) in [6.45, 7) is 1.60. The first kappa shape index (κ1) is 17.9. The molecular weight excluding hydrogens is 258 g/mol. The van der Waals surface area contributed by atoms with Crippen LogP contribution in [0.1, 0.15) is 0 Å². The standard InChI is InChI=1S/C4H6N2.2CH5O3P/c1-6-3-2-5-4-6;2*1-5(2,3)4/h2-4H,1H3;2*1H3,(H2,2,3,4). The molecule has 1 aromatic rings. The van der Waals surface area contributed by atoms with Gasteiger partial charge in [0.2, 0.25) is 6.33 Å². The Hall–Kier alpha value is -0.490. The molecule has 0 amide bonds. The molecule has 1 rings (SSSR count). The lowest BCUT2D eigenvalue weighted by molar-refractivity contribution is -0.670. The lowest BCUT2D eigenvalue weighted by Gasteiger charge is -2.04. The molecular formula is C6H16N2O6P2. The number of imidazole rings is 1. The number of H-pyrrole nitrogens is 1. The summed E-state index contributed by atoms with van der Waals surface area (Å²) in [5.74, 6) is 0. The third kappa shape index (κ3) is 49.9. The molecule has 0 saturated carbocycles. The van der Waals surface area contributed by atoms with Crippen molar-refractivity contribution in [3.05, 3.63) is 18.7 Å². The Kier molecular flexibility index (Phi) is 8.64. The molecule has 0 aliphatic heterocycles. The minimum absolute atomic E-state index is 0.743. The highest BCUT2D eigenvalue weighted by Crippen LogP contribution is 2.26. The summed E-state index contributed by atoms with van der Waals surface area (Å²) < 4.78 is 20.5. The van der Waals surface area contributed by atoms with Crippen LogP contribution in [-0.2, 0) is 16.2 Å². The van der Waals surface area contributed by atoms with Gasteiger partial charge in [0.25, 0.3) is 0 Å². The van der Waals surface area contributed by atoms with Gasteiger partial charge in [0.1, 0.15) is 20.0 Å². The van der Waals surface area contributed by atoms with Crippen LogP contribution in [0.3, 0.4) is 0 Å². The first-order valence-corrected chi connectivity index (χ1v) is 8.00. The van der Waals surface area contributed by atoms with Crippen molar-refractivity contribution in [3.63, 3.8) is 0 Å². The maximum Gasteiger partial charge on any atom is 0.322 e. The van der Waals surface area contributed by atoms with Crippen molar-refractivity contribution < 1.29 is 33.3 Å². The van der Waals surface area contributed by atoms with Crippen LogP contribution in [0.2, 0.25) is 0 Å². The van der Waals surface area contributed by atoms with E-state index in [2.05, 4.69) is 4.98 Å². The molecule has 0 spiro atoms. The molecule has 0 aliphatic rings.